The number of aromatic nitrogens is 3. The lowest BCUT2D eigenvalue weighted by molar-refractivity contribution is 0.0205. The van der Waals surface area contributed by atoms with Crippen LogP contribution in [0.25, 0.3) is 4.96 Å². The zero-order valence-electron chi connectivity index (χ0n) is 14.3. The zero-order valence-corrected chi connectivity index (χ0v) is 17.3. The van der Waals surface area contributed by atoms with Crippen LogP contribution in [-0.4, -0.2) is 57.4 Å². The highest BCUT2D eigenvalue weighted by molar-refractivity contribution is 14.1. The summed E-state index contributed by atoms with van der Waals surface area (Å²) in [6, 6.07) is 0.372. The molecule has 7 nitrogen and oxygen atoms in total. The average molecular weight is 463 g/mol. The molecule has 2 aromatic rings. The van der Waals surface area contributed by atoms with Gasteiger partial charge in [-0.2, -0.15) is 4.52 Å². The van der Waals surface area contributed by atoms with Crippen LogP contribution >= 0.6 is 33.9 Å². The number of fused-ring (bicyclic) bond motifs is 1. The predicted octanol–water partition coefficient (Wildman–Crippen LogP) is 3.23. The van der Waals surface area contributed by atoms with Gasteiger partial charge in [-0.05, 0) is 56.2 Å². The Bertz CT molecular complexity index is 730. The Kier molecular flexibility index (Phi) is 4.92. The number of hydrogen-bond donors (Lipinski definition) is 0. The van der Waals surface area contributed by atoms with Crippen molar-refractivity contribution in [2.24, 2.45) is 0 Å². The highest BCUT2D eigenvalue weighted by Crippen LogP contribution is 2.28. The largest absolute Gasteiger partial charge is 0.444 e. The number of carbonyl (C=O) groups is 1. The van der Waals surface area contributed by atoms with Crippen LogP contribution in [0, 0.1) is 3.70 Å². The molecule has 24 heavy (non-hydrogen) atoms. The van der Waals surface area contributed by atoms with Gasteiger partial charge in [-0.3, -0.25) is 0 Å². The van der Waals surface area contributed by atoms with E-state index < -0.39 is 5.60 Å². The molecule has 0 unspecified atom stereocenters. The second-order valence-electron chi connectivity index (χ2n) is 6.97. The van der Waals surface area contributed by atoms with Crippen LogP contribution in [0.15, 0.2) is 6.20 Å². The summed E-state index contributed by atoms with van der Waals surface area (Å²) in [7, 11) is 2.07. The Morgan fingerprint density at radius 3 is 2.67 bits per heavy atom. The summed E-state index contributed by atoms with van der Waals surface area (Å²) in [6.45, 7) is 7.11. The SMILES string of the molecule is CN(c1nn2c(I)cnc2s1)C1CCN(C(=O)OC(C)(C)C)CC1. The first-order valence-electron chi connectivity index (χ1n) is 7.95. The predicted molar refractivity (Wildman–Crippen MR) is 103 cm³/mol. The second kappa shape index (κ2) is 6.66. The third-order valence-corrected chi connectivity index (χ3v) is 5.75. The van der Waals surface area contributed by atoms with E-state index in [1.165, 1.54) is 0 Å². The van der Waals surface area contributed by atoms with Gasteiger partial charge in [0, 0.05) is 26.2 Å². The van der Waals surface area contributed by atoms with Gasteiger partial charge in [-0.15, -0.1) is 5.10 Å². The molecule has 3 rings (SSSR count). The molecule has 0 bridgehead atoms. The summed E-state index contributed by atoms with van der Waals surface area (Å²) >= 11 is 3.82. The van der Waals surface area contributed by atoms with Crippen LogP contribution in [0.2, 0.25) is 0 Å². The first kappa shape index (κ1) is 17.7. The standard InChI is InChI=1S/C15H22IN5O2S/c1-15(2,3)23-14(22)20-7-5-10(6-8-20)19(4)13-18-21-11(16)9-17-12(21)24-13/h9-10H,5-8H2,1-4H3. The van der Waals surface area contributed by atoms with Crippen molar-refractivity contribution in [2.75, 3.05) is 25.0 Å². The van der Waals surface area contributed by atoms with Crippen LogP contribution in [0.3, 0.4) is 0 Å². The summed E-state index contributed by atoms with van der Waals surface area (Å²) < 4.78 is 8.33. The average Bonchev–Trinajstić information content (AvgIpc) is 3.07. The fourth-order valence-electron chi connectivity index (χ4n) is 2.72. The van der Waals surface area contributed by atoms with Gasteiger partial charge >= 0.3 is 6.09 Å². The Labute approximate surface area is 159 Å². The molecule has 2 aromatic heterocycles. The second-order valence-corrected chi connectivity index (χ2v) is 9.01. The first-order chi connectivity index (χ1) is 11.2. The summed E-state index contributed by atoms with van der Waals surface area (Å²) in [5.41, 5.74) is -0.447. The highest BCUT2D eigenvalue weighted by Gasteiger charge is 2.29. The molecule has 0 spiro atoms. The Hall–Kier alpha value is -1.10. The van der Waals surface area contributed by atoms with Gasteiger partial charge in [0.1, 0.15) is 9.30 Å². The summed E-state index contributed by atoms with van der Waals surface area (Å²) in [4.78, 5) is 21.4. The van der Waals surface area contributed by atoms with Gasteiger partial charge in [0.05, 0.1) is 6.20 Å². The highest BCUT2D eigenvalue weighted by atomic mass is 127. The molecule has 0 N–H and O–H groups in total. The van der Waals surface area contributed by atoms with Crippen LogP contribution in [-0.2, 0) is 4.74 Å². The van der Waals surface area contributed by atoms with E-state index >= 15 is 0 Å². The van der Waals surface area contributed by atoms with Crippen LogP contribution in [0.1, 0.15) is 33.6 Å². The third kappa shape index (κ3) is 3.76. The van der Waals surface area contributed by atoms with E-state index in [9.17, 15) is 4.79 Å². The Balaban J connectivity index is 1.60. The fourth-order valence-corrected chi connectivity index (χ4v) is 4.27. The molecule has 1 fully saturated rings. The Morgan fingerprint density at radius 2 is 2.08 bits per heavy atom. The van der Waals surface area contributed by atoms with Crippen molar-refractivity contribution in [3.8, 4) is 0 Å². The van der Waals surface area contributed by atoms with Gasteiger partial charge in [-0.1, -0.05) is 11.3 Å². The van der Waals surface area contributed by atoms with E-state index in [4.69, 9.17) is 4.74 Å². The number of hydrogen-bond acceptors (Lipinski definition) is 6. The molecule has 132 valence electrons. The minimum absolute atomic E-state index is 0.217. The number of nitrogens with zero attached hydrogens (tertiary/aromatic N) is 5. The molecule has 0 aromatic carbocycles. The lowest BCUT2D eigenvalue weighted by Crippen LogP contribution is -2.47. The maximum atomic E-state index is 12.1. The van der Waals surface area contributed by atoms with Crippen molar-refractivity contribution < 1.29 is 9.53 Å². The van der Waals surface area contributed by atoms with E-state index in [1.54, 1.807) is 16.2 Å². The molecule has 0 atom stereocenters. The number of piperidine rings is 1. The number of ether oxygens (including phenoxy) is 1. The number of halogens is 1. The molecule has 9 heteroatoms. The normalized spacial score (nSPS) is 16.6. The molecule has 1 aliphatic heterocycles. The van der Waals surface area contributed by atoms with Crippen LogP contribution < -0.4 is 4.90 Å². The lowest BCUT2D eigenvalue weighted by Gasteiger charge is -2.37. The number of rotatable bonds is 2. The number of likely N-dealkylation sites (tertiary alicyclic amines) is 1. The minimum atomic E-state index is -0.447. The van der Waals surface area contributed by atoms with E-state index in [1.807, 2.05) is 31.5 Å². The zero-order chi connectivity index (χ0) is 17.5. The van der Waals surface area contributed by atoms with Crippen molar-refractivity contribution in [2.45, 2.75) is 45.3 Å². The van der Waals surface area contributed by atoms with Crippen molar-refractivity contribution >= 4 is 50.1 Å². The van der Waals surface area contributed by atoms with Crippen molar-refractivity contribution in [3.05, 3.63) is 9.90 Å². The monoisotopic (exact) mass is 463 g/mol. The summed E-state index contributed by atoms with van der Waals surface area (Å²) in [6.07, 6.45) is 3.43. The summed E-state index contributed by atoms with van der Waals surface area (Å²) in [5.74, 6) is 0. The Morgan fingerprint density at radius 1 is 1.42 bits per heavy atom. The molecular formula is C15H22IN5O2S. The molecule has 0 radical (unpaired) electrons. The smallest absolute Gasteiger partial charge is 0.410 e. The van der Waals surface area contributed by atoms with Crippen LogP contribution in [0.4, 0.5) is 9.93 Å². The molecule has 0 aliphatic carbocycles. The molecular weight excluding hydrogens is 441 g/mol. The van der Waals surface area contributed by atoms with E-state index in [0.29, 0.717) is 19.1 Å². The first-order valence-corrected chi connectivity index (χ1v) is 9.85. The lowest BCUT2D eigenvalue weighted by atomic mass is 10.0. The quantitative estimate of drug-likeness (QED) is 0.641. The van der Waals surface area contributed by atoms with Crippen molar-refractivity contribution in [1.82, 2.24) is 19.5 Å². The molecule has 3 heterocycles. The van der Waals surface area contributed by atoms with Gasteiger partial charge < -0.3 is 14.5 Å². The molecule has 1 amide bonds. The van der Waals surface area contributed by atoms with Gasteiger partial charge in [0.2, 0.25) is 10.1 Å². The molecule has 1 saturated heterocycles. The maximum absolute atomic E-state index is 12.1. The van der Waals surface area contributed by atoms with E-state index in [0.717, 1.165) is 26.6 Å². The van der Waals surface area contributed by atoms with Crippen LogP contribution in [0.5, 0.6) is 0 Å². The maximum Gasteiger partial charge on any atom is 0.410 e. The molecule has 0 saturated carbocycles. The van der Waals surface area contributed by atoms with Crippen molar-refractivity contribution in [3.63, 3.8) is 0 Å². The van der Waals surface area contributed by atoms with E-state index in [2.05, 4.69) is 44.6 Å². The minimum Gasteiger partial charge on any atom is -0.444 e. The molecule has 1 aliphatic rings. The summed E-state index contributed by atoms with van der Waals surface area (Å²) in [5, 5.41) is 5.60. The third-order valence-electron chi connectivity index (χ3n) is 4.00. The van der Waals surface area contributed by atoms with Gasteiger partial charge in [0.25, 0.3) is 0 Å². The van der Waals surface area contributed by atoms with Crippen molar-refractivity contribution in [1.29, 1.82) is 0 Å². The number of carbonyl (C=O) groups excluding carboxylic acids is 1. The number of imidazole rings is 1. The van der Waals surface area contributed by atoms with Gasteiger partial charge in [0.15, 0.2) is 0 Å². The topological polar surface area (TPSA) is 63.0 Å². The van der Waals surface area contributed by atoms with Gasteiger partial charge in [-0.25, -0.2) is 9.78 Å². The fraction of sp³-hybridized carbons (Fsp3) is 0.667. The van der Waals surface area contributed by atoms with E-state index in [-0.39, 0.29) is 6.09 Å². The number of amides is 1. The number of anilines is 1.